The molecule has 204 valence electrons. The number of hydrogen-bond acceptors (Lipinski definition) is 5. The van der Waals surface area contributed by atoms with Gasteiger partial charge in [-0.05, 0) is 66.6 Å². The molecule has 0 bridgehead atoms. The highest BCUT2D eigenvalue weighted by molar-refractivity contribution is 5.92. The Morgan fingerprint density at radius 1 is 0.974 bits per heavy atom. The average Bonchev–Trinajstić information content (AvgIpc) is 3.35. The van der Waals surface area contributed by atoms with E-state index < -0.39 is 11.7 Å². The van der Waals surface area contributed by atoms with Gasteiger partial charge in [0, 0.05) is 50.3 Å². The maximum atomic E-state index is 13.9. The van der Waals surface area contributed by atoms with Gasteiger partial charge in [-0.3, -0.25) is 14.3 Å². The van der Waals surface area contributed by atoms with E-state index >= 15 is 0 Å². The summed E-state index contributed by atoms with van der Waals surface area (Å²) in [5, 5.41) is 2.66. The van der Waals surface area contributed by atoms with Crippen LogP contribution in [0.3, 0.4) is 0 Å². The number of fused-ring (bicyclic) bond motifs is 1. The minimum absolute atomic E-state index is 0.0415. The molecular weight excluding hydrogens is 505 g/mol. The zero-order valence-corrected chi connectivity index (χ0v) is 22.0. The molecule has 1 saturated heterocycles. The number of halogens is 3. The van der Waals surface area contributed by atoms with Gasteiger partial charge in [0.15, 0.2) is 5.65 Å². The number of nitrogens with zero attached hydrogens (tertiary/aromatic N) is 5. The van der Waals surface area contributed by atoms with Gasteiger partial charge < -0.3 is 10.2 Å². The van der Waals surface area contributed by atoms with E-state index in [1.165, 1.54) is 6.07 Å². The van der Waals surface area contributed by atoms with Crippen molar-refractivity contribution in [3.63, 3.8) is 0 Å². The van der Waals surface area contributed by atoms with E-state index in [9.17, 15) is 18.0 Å². The molecule has 1 aliphatic heterocycles. The summed E-state index contributed by atoms with van der Waals surface area (Å²) < 4.78 is 43.7. The van der Waals surface area contributed by atoms with E-state index in [0.717, 1.165) is 66.8 Å². The van der Waals surface area contributed by atoms with Crippen LogP contribution in [0.1, 0.15) is 29.2 Å². The van der Waals surface area contributed by atoms with Gasteiger partial charge in [-0.25, -0.2) is 9.97 Å². The maximum Gasteiger partial charge on any atom is 0.416 e. The number of carbonyl (C=O) groups excluding carboxylic acids is 1. The van der Waals surface area contributed by atoms with Crippen molar-refractivity contribution in [2.24, 2.45) is 0 Å². The second-order valence-electron chi connectivity index (χ2n) is 9.88. The molecule has 4 aromatic rings. The summed E-state index contributed by atoms with van der Waals surface area (Å²) in [6, 6.07) is 13.5. The standard InChI is InChI=1S/C29H31F3N6O/c1-3-36-11-13-37(14-12-36)18-22-6-8-23(17-25(22)29(30,31)32)35-27(39)16-21-7-9-24(15-20(21)2)38-19-34-26-5-4-10-33-28(26)38/h4-10,15,17,19H,3,11-14,16,18H2,1-2H3,(H,35,39). The third-order valence-electron chi connectivity index (χ3n) is 7.27. The lowest BCUT2D eigenvalue weighted by Crippen LogP contribution is -2.45. The number of aromatic nitrogens is 3. The molecule has 2 aromatic heterocycles. The summed E-state index contributed by atoms with van der Waals surface area (Å²) in [6.45, 7) is 8.32. The van der Waals surface area contributed by atoms with Gasteiger partial charge in [0.2, 0.25) is 5.91 Å². The zero-order chi connectivity index (χ0) is 27.6. The number of nitrogens with one attached hydrogen (secondary N) is 1. The summed E-state index contributed by atoms with van der Waals surface area (Å²) in [6.07, 6.45) is -1.07. The Hall–Kier alpha value is -3.76. The second kappa shape index (κ2) is 11.2. The van der Waals surface area contributed by atoms with Gasteiger partial charge in [0.05, 0.1) is 12.0 Å². The van der Waals surface area contributed by atoms with Gasteiger partial charge in [-0.1, -0.05) is 19.1 Å². The molecule has 7 nitrogen and oxygen atoms in total. The van der Waals surface area contributed by atoms with Crippen LogP contribution in [0.15, 0.2) is 61.1 Å². The van der Waals surface area contributed by atoms with E-state index in [0.29, 0.717) is 0 Å². The monoisotopic (exact) mass is 536 g/mol. The van der Waals surface area contributed by atoms with Crippen molar-refractivity contribution in [1.82, 2.24) is 24.3 Å². The first-order valence-corrected chi connectivity index (χ1v) is 13.0. The number of hydrogen-bond donors (Lipinski definition) is 1. The maximum absolute atomic E-state index is 13.9. The second-order valence-corrected chi connectivity index (χ2v) is 9.88. The van der Waals surface area contributed by atoms with Crippen LogP contribution < -0.4 is 5.32 Å². The Kier molecular flexibility index (Phi) is 7.67. The molecule has 5 rings (SSSR count). The van der Waals surface area contributed by atoms with Crippen molar-refractivity contribution in [3.05, 3.63) is 83.3 Å². The number of imidazole rings is 1. The van der Waals surface area contributed by atoms with Crippen LogP contribution in [0.2, 0.25) is 0 Å². The highest BCUT2D eigenvalue weighted by Crippen LogP contribution is 2.34. The number of carbonyl (C=O) groups is 1. The van der Waals surface area contributed by atoms with E-state index in [1.54, 1.807) is 18.6 Å². The fraction of sp³-hybridized carbons (Fsp3) is 0.345. The number of likely N-dealkylation sites (N-methyl/N-ethyl adjacent to an activating group) is 1. The topological polar surface area (TPSA) is 66.3 Å². The Bertz CT molecular complexity index is 1470. The molecule has 10 heteroatoms. The number of pyridine rings is 1. The van der Waals surface area contributed by atoms with Gasteiger partial charge in [0.1, 0.15) is 11.8 Å². The quantitative estimate of drug-likeness (QED) is 0.358. The lowest BCUT2D eigenvalue weighted by molar-refractivity contribution is -0.138. The SMILES string of the molecule is CCN1CCN(Cc2ccc(NC(=O)Cc3ccc(-n4cnc5cccnc54)cc3C)cc2C(F)(F)F)CC1. The number of amides is 1. The van der Waals surface area contributed by atoms with Crippen molar-refractivity contribution < 1.29 is 18.0 Å². The number of rotatable bonds is 7. The van der Waals surface area contributed by atoms with E-state index in [-0.39, 0.29) is 30.1 Å². The van der Waals surface area contributed by atoms with Crippen LogP contribution in [0.25, 0.3) is 16.9 Å². The van der Waals surface area contributed by atoms with Crippen molar-refractivity contribution in [1.29, 1.82) is 0 Å². The summed E-state index contributed by atoms with van der Waals surface area (Å²) >= 11 is 0. The third kappa shape index (κ3) is 6.12. The van der Waals surface area contributed by atoms with Gasteiger partial charge >= 0.3 is 6.18 Å². The van der Waals surface area contributed by atoms with Crippen LogP contribution in [0.5, 0.6) is 0 Å². The van der Waals surface area contributed by atoms with Crippen molar-refractivity contribution in [3.8, 4) is 5.69 Å². The molecule has 1 aliphatic rings. The number of aryl methyl sites for hydroxylation is 1. The molecule has 0 spiro atoms. The van der Waals surface area contributed by atoms with E-state index in [1.807, 2.05) is 46.7 Å². The summed E-state index contributed by atoms with van der Waals surface area (Å²) in [4.78, 5) is 25.9. The fourth-order valence-corrected chi connectivity index (χ4v) is 5.01. The van der Waals surface area contributed by atoms with Gasteiger partial charge in [-0.15, -0.1) is 0 Å². The molecule has 0 aliphatic carbocycles. The third-order valence-corrected chi connectivity index (χ3v) is 7.27. The largest absolute Gasteiger partial charge is 0.416 e. The van der Waals surface area contributed by atoms with Crippen LogP contribution in [-0.4, -0.2) is 63.0 Å². The molecule has 2 aromatic carbocycles. The summed E-state index contributed by atoms with van der Waals surface area (Å²) in [5.74, 6) is -0.378. The highest BCUT2D eigenvalue weighted by Gasteiger charge is 2.34. The first kappa shape index (κ1) is 26.8. The molecule has 0 unspecified atom stereocenters. The first-order chi connectivity index (χ1) is 18.7. The highest BCUT2D eigenvalue weighted by atomic mass is 19.4. The van der Waals surface area contributed by atoms with Gasteiger partial charge in [-0.2, -0.15) is 13.2 Å². The zero-order valence-electron chi connectivity index (χ0n) is 22.0. The Labute approximate surface area is 225 Å². The number of alkyl halides is 3. The van der Waals surface area contributed by atoms with Gasteiger partial charge in [0.25, 0.3) is 0 Å². The average molecular weight is 537 g/mol. The predicted octanol–water partition coefficient (Wildman–Crippen LogP) is 5.07. The number of benzene rings is 2. The molecule has 1 fully saturated rings. The number of anilines is 1. The van der Waals surface area contributed by atoms with Crippen LogP contribution in [0.4, 0.5) is 18.9 Å². The molecule has 0 atom stereocenters. The Morgan fingerprint density at radius 2 is 1.72 bits per heavy atom. The molecule has 1 amide bonds. The smallest absolute Gasteiger partial charge is 0.326 e. The first-order valence-electron chi connectivity index (χ1n) is 13.0. The van der Waals surface area contributed by atoms with Crippen molar-refractivity contribution >= 4 is 22.8 Å². The normalized spacial score (nSPS) is 15.1. The van der Waals surface area contributed by atoms with E-state index in [2.05, 4.69) is 27.1 Å². The molecular formula is C29H31F3N6O. The van der Waals surface area contributed by atoms with Crippen LogP contribution in [-0.2, 0) is 23.9 Å². The molecule has 0 radical (unpaired) electrons. The Balaban J connectivity index is 1.27. The van der Waals surface area contributed by atoms with Crippen LogP contribution in [0, 0.1) is 6.92 Å². The molecule has 1 N–H and O–H groups in total. The Morgan fingerprint density at radius 3 is 2.44 bits per heavy atom. The molecule has 3 heterocycles. The number of piperazine rings is 1. The molecule has 0 saturated carbocycles. The summed E-state index contributed by atoms with van der Waals surface area (Å²) in [7, 11) is 0. The van der Waals surface area contributed by atoms with E-state index in [4.69, 9.17) is 0 Å². The molecule has 39 heavy (non-hydrogen) atoms. The van der Waals surface area contributed by atoms with Crippen molar-refractivity contribution in [2.75, 3.05) is 38.0 Å². The minimum atomic E-state index is -4.51. The fourth-order valence-electron chi connectivity index (χ4n) is 5.01. The lowest BCUT2D eigenvalue weighted by Gasteiger charge is -2.34. The van der Waals surface area contributed by atoms with Crippen molar-refractivity contribution in [2.45, 2.75) is 33.0 Å². The predicted molar refractivity (Wildman–Crippen MR) is 145 cm³/mol. The lowest BCUT2D eigenvalue weighted by atomic mass is 10.0. The minimum Gasteiger partial charge on any atom is -0.326 e. The van der Waals surface area contributed by atoms with Crippen LogP contribution >= 0.6 is 0 Å². The summed E-state index contributed by atoms with van der Waals surface area (Å²) in [5.41, 5.74) is 3.69.